The topological polar surface area (TPSA) is 18.5 Å². The van der Waals surface area contributed by atoms with Crippen molar-refractivity contribution in [3.63, 3.8) is 0 Å². The minimum atomic E-state index is 0.614. The summed E-state index contributed by atoms with van der Waals surface area (Å²) in [4.78, 5) is 4.69. The Bertz CT molecular complexity index is 399. The molecule has 2 unspecified atom stereocenters. The smallest absolute Gasteiger partial charge is 0.0370 e. The van der Waals surface area contributed by atoms with Crippen molar-refractivity contribution in [3.05, 3.63) is 24.3 Å². The maximum atomic E-state index is 3.66. The highest BCUT2D eigenvalue weighted by Gasteiger charge is 2.24. The first-order chi connectivity index (χ1) is 9.61. The van der Waals surface area contributed by atoms with Gasteiger partial charge in [-0.2, -0.15) is 0 Å². The van der Waals surface area contributed by atoms with Crippen molar-refractivity contribution in [2.24, 2.45) is 0 Å². The van der Waals surface area contributed by atoms with Crippen LogP contribution in [0.5, 0.6) is 0 Å². The van der Waals surface area contributed by atoms with Gasteiger partial charge in [0, 0.05) is 44.1 Å². The molecule has 0 radical (unpaired) electrons. The molecule has 0 saturated carbocycles. The summed E-state index contributed by atoms with van der Waals surface area (Å²) in [5, 5.41) is 3.66. The summed E-state index contributed by atoms with van der Waals surface area (Å²) in [7, 11) is 4.17. The van der Waals surface area contributed by atoms with E-state index in [1.165, 1.54) is 30.6 Å². The second-order valence-corrected chi connectivity index (χ2v) is 6.13. The van der Waals surface area contributed by atoms with Gasteiger partial charge in [-0.15, -0.1) is 0 Å². The zero-order valence-corrected chi connectivity index (χ0v) is 13.4. The number of nitrogens with one attached hydrogen (secondary N) is 1. The highest BCUT2D eigenvalue weighted by atomic mass is 15.2. The zero-order chi connectivity index (χ0) is 14.5. The van der Waals surface area contributed by atoms with Crippen molar-refractivity contribution in [2.75, 3.05) is 37.0 Å². The number of benzene rings is 1. The summed E-state index contributed by atoms with van der Waals surface area (Å²) in [5.41, 5.74) is 2.62. The summed E-state index contributed by atoms with van der Waals surface area (Å²) < 4.78 is 0. The SMILES string of the molecule is CCCNC1CCN(c2ccc(N(C)C)cc2)C(C)C1. The molecule has 3 heteroatoms. The molecule has 0 aliphatic carbocycles. The van der Waals surface area contributed by atoms with E-state index in [-0.39, 0.29) is 0 Å². The van der Waals surface area contributed by atoms with Crippen LogP contribution in [0.4, 0.5) is 11.4 Å². The Kier molecular flexibility index (Phi) is 5.30. The van der Waals surface area contributed by atoms with Gasteiger partial charge in [0.1, 0.15) is 0 Å². The molecule has 3 nitrogen and oxygen atoms in total. The Morgan fingerprint density at radius 3 is 2.50 bits per heavy atom. The molecular weight excluding hydrogens is 246 g/mol. The molecule has 1 aromatic carbocycles. The van der Waals surface area contributed by atoms with Crippen LogP contribution >= 0.6 is 0 Å². The Labute approximate surface area is 124 Å². The van der Waals surface area contributed by atoms with E-state index in [9.17, 15) is 0 Å². The van der Waals surface area contributed by atoms with Crippen molar-refractivity contribution in [2.45, 2.75) is 45.2 Å². The maximum Gasteiger partial charge on any atom is 0.0370 e. The number of rotatable bonds is 5. The van der Waals surface area contributed by atoms with Gasteiger partial charge in [-0.05, 0) is 57.0 Å². The van der Waals surface area contributed by atoms with Gasteiger partial charge >= 0.3 is 0 Å². The van der Waals surface area contributed by atoms with Gasteiger partial charge in [0.2, 0.25) is 0 Å². The first-order valence-electron chi connectivity index (χ1n) is 7.89. The zero-order valence-electron chi connectivity index (χ0n) is 13.4. The van der Waals surface area contributed by atoms with E-state index in [0.29, 0.717) is 12.1 Å². The Morgan fingerprint density at radius 2 is 1.95 bits per heavy atom. The predicted octanol–water partition coefficient (Wildman–Crippen LogP) is 3.11. The van der Waals surface area contributed by atoms with Gasteiger partial charge < -0.3 is 15.1 Å². The molecule has 112 valence electrons. The van der Waals surface area contributed by atoms with Gasteiger partial charge in [-0.3, -0.25) is 0 Å². The lowest BCUT2D eigenvalue weighted by Crippen LogP contribution is -2.47. The number of hydrogen-bond donors (Lipinski definition) is 1. The largest absolute Gasteiger partial charge is 0.378 e. The molecule has 1 N–H and O–H groups in total. The molecule has 1 saturated heterocycles. The third kappa shape index (κ3) is 3.66. The molecular formula is C17H29N3. The molecule has 1 aliphatic rings. The van der Waals surface area contributed by atoms with Crippen LogP contribution in [-0.2, 0) is 0 Å². The number of nitrogens with zero attached hydrogens (tertiary/aromatic N) is 2. The summed E-state index contributed by atoms with van der Waals surface area (Å²) >= 11 is 0. The molecule has 1 fully saturated rings. The van der Waals surface area contributed by atoms with Crippen LogP contribution in [0.1, 0.15) is 33.1 Å². The van der Waals surface area contributed by atoms with Crippen LogP contribution in [0.3, 0.4) is 0 Å². The van der Waals surface area contributed by atoms with E-state index in [0.717, 1.165) is 13.1 Å². The second kappa shape index (κ2) is 6.98. The summed E-state index contributed by atoms with van der Waals surface area (Å²) in [6.45, 7) is 6.89. The number of hydrogen-bond acceptors (Lipinski definition) is 3. The van der Waals surface area contributed by atoms with Crippen molar-refractivity contribution in [3.8, 4) is 0 Å². The van der Waals surface area contributed by atoms with Crippen molar-refractivity contribution in [1.82, 2.24) is 5.32 Å². The molecule has 0 bridgehead atoms. The molecule has 1 aromatic rings. The van der Waals surface area contributed by atoms with Gasteiger partial charge in [-0.25, -0.2) is 0 Å². The Hall–Kier alpha value is -1.22. The quantitative estimate of drug-likeness (QED) is 0.891. The average Bonchev–Trinajstić information content (AvgIpc) is 2.45. The van der Waals surface area contributed by atoms with Crippen LogP contribution in [0, 0.1) is 0 Å². The minimum Gasteiger partial charge on any atom is -0.378 e. The molecule has 20 heavy (non-hydrogen) atoms. The first kappa shape index (κ1) is 15.2. The highest BCUT2D eigenvalue weighted by molar-refractivity contribution is 5.56. The molecule has 0 aromatic heterocycles. The summed E-state index contributed by atoms with van der Waals surface area (Å²) in [5.74, 6) is 0. The lowest BCUT2D eigenvalue weighted by molar-refractivity contribution is 0.369. The molecule has 1 aliphatic heterocycles. The monoisotopic (exact) mass is 275 g/mol. The van der Waals surface area contributed by atoms with Crippen LogP contribution in [0.25, 0.3) is 0 Å². The Balaban J connectivity index is 1.96. The van der Waals surface area contributed by atoms with Crippen LogP contribution in [-0.4, -0.2) is 39.3 Å². The summed E-state index contributed by atoms with van der Waals surface area (Å²) in [6, 6.07) is 10.2. The molecule has 1 heterocycles. The van der Waals surface area contributed by atoms with Gasteiger partial charge in [0.25, 0.3) is 0 Å². The van der Waals surface area contributed by atoms with Crippen LogP contribution < -0.4 is 15.1 Å². The van der Waals surface area contributed by atoms with Crippen LogP contribution in [0.2, 0.25) is 0 Å². The van der Waals surface area contributed by atoms with Crippen molar-refractivity contribution >= 4 is 11.4 Å². The third-order valence-corrected chi connectivity index (χ3v) is 4.26. The molecule has 2 rings (SSSR count). The van der Waals surface area contributed by atoms with E-state index in [2.05, 4.69) is 67.3 Å². The number of piperidine rings is 1. The standard InChI is InChI=1S/C17H29N3/c1-5-11-18-15-10-12-20(14(2)13-15)17-8-6-16(7-9-17)19(3)4/h6-9,14-15,18H,5,10-13H2,1-4H3. The van der Waals surface area contributed by atoms with Crippen LogP contribution in [0.15, 0.2) is 24.3 Å². The Morgan fingerprint density at radius 1 is 1.25 bits per heavy atom. The van der Waals surface area contributed by atoms with Gasteiger partial charge in [0.15, 0.2) is 0 Å². The fourth-order valence-electron chi connectivity index (χ4n) is 3.03. The van der Waals surface area contributed by atoms with E-state index in [1.54, 1.807) is 0 Å². The molecule has 2 atom stereocenters. The maximum absolute atomic E-state index is 3.66. The van der Waals surface area contributed by atoms with E-state index < -0.39 is 0 Å². The molecule has 0 amide bonds. The predicted molar refractivity (Wildman–Crippen MR) is 88.9 cm³/mol. The fraction of sp³-hybridized carbons (Fsp3) is 0.647. The molecule has 0 spiro atoms. The summed E-state index contributed by atoms with van der Waals surface area (Å²) in [6.07, 6.45) is 3.72. The van der Waals surface area contributed by atoms with Gasteiger partial charge in [0.05, 0.1) is 0 Å². The van der Waals surface area contributed by atoms with E-state index in [1.807, 2.05) is 0 Å². The van der Waals surface area contributed by atoms with Crippen molar-refractivity contribution in [1.29, 1.82) is 0 Å². The lowest BCUT2D eigenvalue weighted by Gasteiger charge is -2.39. The van der Waals surface area contributed by atoms with Gasteiger partial charge in [-0.1, -0.05) is 6.92 Å². The minimum absolute atomic E-state index is 0.614. The lowest BCUT2D eigenvalue weighted by atomic mass is 9.97. The average molecular weight is 275 g/mol. The normalized spacial score (nSPS) is 22.9. The highest BCUT2D eigenvalue weighted by Crippen LogP contribution is 2.26. The van der Waals surface area contributed by atoms with E-state index in [4.69, 9.17) is 0 Å². The first-order valence-corrected chi connectivity index (χ1v) is 7.89. The van der Waals surface area contributed by atoms with E-state index >= 15 is 0 Å². The second-order valence-electron chi connectivity index (χ2n) is 6.13. The van der Waals surface area contributed by atoms with Crippen molar-refractivity contribution < 1.29 is 0 Å². The third-order valence-electron chi connectivity index (χ3n) is 4.26. The fourth-order valence-corrected chi connectivity index (χ4v) is 3.03. The number of anilines is 2.